The molecule has 0 amide bonds. The Balaban J connectivity index is 0.000000123. The molecule has 0 atom stereocenters. The molecule has 0 aliphatic heterocycles. The van der Waals surface area contributed by atoms with Crippen LogP contribution in [0, 0.1) is 0 Å². The maximum Gasteiger partial charge on any atom is 0.0702 e. The average Bonchev–Trinajstić information content (AvgIpc) is 0.855. The van der Waals surface area contributed by atoms with E-state index in [9.17, 15) is 0 Å². The fourth-order valence-corrected chi connectivity index (χ4v) is 24.0. The number of hydrogen-bond acceptors (Lipinski definition) is 4. The Morgan fingerprint density at radius 3 is 0.887 bits per heavy atom. The fourth-order valence-electron chi connectivity index (χ4n) is 24.0. The van der Waals surface area contributed by atoms with Crippen LogP contribution in [-0.2, 0) is 32.5 Å². The van der Waals surface area contributed by atoms with Crippen LogP contribution in [-0.4, -0.2) is 14.1 Å². The van der Waals surface area contributed by atoms with Crippen molar-refractivity contribution in [2.45, 2.75) is 123 Å². The van der Waals surface area contributed by atoms with Crippen molar-refractivity contribution in [2.75, 3.05) is 14.7 Å². The minimum atomic E-state index is -0.161. The zero-order valence-electron chi connectivity index (χ0n) is 86.7. The average molecular weight is 1940 g/mol. The first-order chi connectivity index (χ1) is 72.5. The molecule has 6 nitrogen and oxygen atoms in total. The Morgan fingerprint density at radius 2 is 0.473 bits per heavy atom. The van der Waals surface area contributed by atoms with Crippen molar-refractivity contribution < 1.29 is 0 Å². The number of nitrogens with zero attached hydrogens (tertiary/aromatic N) is 6. The van der Waals surface area contributed by atoms with Crippen LogP contribution in [0.4, 0.5) is 51.2 Å². The van der Waals surface area contributed by atoms with Gasteiger partial charge in [0.2, 0.25) is 0 Å². The molecular formula is C144H124N6. The predicted octanol–water partition coefficient (Wildman–Crippen LogP) is 39.7. The van der Waals surface area contributed by atoms with Gasteiger partial charge >= 0.3 is 0 Å². The second kappa shape index (κ2) is 38.4. The molecule has 0 N–H and O–H groups in total. The van der Waals surface area contributed by atoms with E-state index in [4.69, 9.17) is 0 Å². The molecule has 23 aromatic rings. The number of rotatable bonds is 16. The third-order valence-electron chi connectivity index (χ3n) is 34.0. The summed E-state index contributed by atoms with van der Waals surface area (Å²) < 4.78 is 4.80. The zero-order chi connectivity index (χ0) is 102. The molecule has 0 spiro atoms. The maximum atomic E-state index is 4.67. The molecule has 6 heteroatoms. The molecule has 0 bridgehead atoms. The largest absolute Gasteiger partial charge is 0.310 e. The lowest BCUT2D eigenvalue weighted by Crippen LogP contribution is -2.43. The second-order valence-corrected chi connectivity index (χ2v) is 43.4. The van der Waals surface area contributed by atoms with E-state index in [-0.39, 0.29) is 39.9 Å². The van der Waals surface area contributed by atoms with Crippen molar-refractivity contribution in [3.63, 3.8) is 0 Å². The third kappa shape index (κ3) is 16.3. The van der Waals surface area contributed by atoms with Gasteiger partial charge in [0.25, 0.3) is 0 Å². The van der Waals surface area contributed by atoms with Gasteiger partial charge in [-0.05, 0) is 314 Å². The molecule has 150 heavy (non-hydrogen) atoms. The van der Waals surface area contributed by atoms with Crippen LogP contribution < -0.4 is 14.7 Å². The number of benzene rings is 20. The van der Waals surface area contributed by atoms with Crippen LogP contribution in [0.3, 0.4) is 0 Å². The van der Waals surface area contributed by atoms with Gasteiger partial charge < -0.3 is 23.8 Å². The van der Waals surface area contributed by atoms with Crippen molar-refractivity contribution in [3.05, 3.63) is 543 Å². The van der Waals surface area contributed by atoms with E-state index in [1.54, 1.807) is 0 Å². The fraction of sp³-hybridized carbons (Fsp3) is 0.132. The van der Waals surface area contributed by atoms with E-state index in [0.29, 0.717) is 0 Å². The molecular weight excluding hydrogens is 1810 g/mol. The highest BCUT2D eigenvalue weighted by atomic mass is 15.2. The van der Waals surface area contributed by atoms with Gasteiger partial charge in [-0.1, -0.05) is 424 Å². The van der Waals surface area contributed by atoms with Gasteiger partial charge in [-0.15, -0.1) is 0 Å². The molecule has 3 heterocycles. The quantitative estimate of drug-likeness (QED) is 0.0965. The summed E-state index contributed by atoms with van der Waals surface area (Å²) in [5, 5.41) is 4.95. The highest BCUT2D eigenvalue weighted by Gasteiger charge is 2.50. The number of hydrogen-bond donors (Lipinski definition) is 0. The van der Waals surface area contributed by atoms with Crippen molar-refractivity contribution in [1.29, 1.82) is 0 Å². The van der Waals surface area contributed by atoms with E-state index >= 15 is 0 Å². The number of fused-ring (bicyclic) bond motifs is 15. The first-order valence-corrected chi connectivity index (χ1v) is 52.4. The first-order valence-electron chi connectivity index (χ1n) is 52.4. The lowest BCUT2D eigenvalue weighted by molar-refractivity contribution is 0.299. The molecule has 3 aromatic heterocycles. The second-order valence-electron chi connectivity index (χ2n) is 43.4. The predicted molar refractivity (Wildman–Crippen MR) is 638 cm³/mol. The van der Waals surface area contributed by atoms with E-state index in [0.717, 1.165) is 73.8 Å². The van der Waals surface area contributed by atoms with Gasteiger partial charge in [-0.2, -0.15) is 0 Å². The highest BCUT2D eigenvalue weighted by Crippen LogP contribution is 2.62. The Labute approximate surface area is 883 Å². The Bertz CT molecular complexity index is 8830. The number of anilines is 9. The number of aromatic nitrogens is 3. The summed E-state index contributed by atoms with van der Waals surface area (Å²) in [4.78, 5) is 12.0. The topological polar surface area (TPSA) is 32.5 Å². The van der Waals surface area contributed by atoms with Crippen molar-refractivity contribution in [2.24, 2.45) is 0 Å². The summed E-state index contributed by atoms with van der Waals surface area (Å²) in [6.07, 6.45) is 1.87. The zero-order valence-corrected chi connectivity index (χ0v) is 86.7. The van der Waals surface area contributed by atoms with Gasteiger partial charge in [0.05, 0.1) is 39.1 Å². The molecule has 0 saturated heterocycles. The van der Waals surface area contributed by atoms with Crippen LogP contribution in [0.1, 0.15) is 124 Å². The molecule has 26 rings (SSSR count). The molecule has 0 saturated carbocycles. The maximum absolute atomic E-state index is 4.67. The third-order valence-corrected chi connectivity index (χ3v) is 34.0. The van der Waals surface area contributed by atoms with E-state index in [1.165, 1.54) is 155 Å². The molecule has 0 fully saturated rings. The highest BCUT2D eigenvalue weighted by molar-refractivity contribution is 6.18. The van der Waals surface area contributed by atoms with E-state index in [2.05, 4.69) is 609 Å². The summed E-state index contributed by atoms with van der Waals surface area (Å²) in [5.74, 6) is 0. The van der Waals surface area contributed by atoms with Crippen LogP contribution in [0.25, 0.3) is 144 Å². The van der Waals surface area contributed by atoms with Crippen molar-refractivity contribution >= 4 is 94.8 Å². The smallest absolute Gasteiger partial charge is 0.0702 e. The SMILES string of the molecule is C.CC1(C)c2cc(-c3ccccc3)ccc2-c2ccc(N(c3ccc(-c4ccccc4)cc3)c3ccc(-c4ccccc4)cc3)cc2C1(C)C.CC1(C)c2cc(-c3ccccn3)ccc2-c2ccc(N(c3ccccc3)c3cccc4c3c3ccccc3n4-c3ccccc3)cc2C1(C)C.CC1(C)c2cc(N(c3ccccc3)c3cccc4c3c3ccccc3n4-c3ccccc3)ccc2-c2c(-c3ccccc3)cccc2C1(C)C. The summed E-state index contributed by atoms with van der Waals surface area (Å²) in [5.41, 5.74) is 44.9. The molecule has 0 unspecified atom stereocenters. The van der Waals surface area contributed by atoms with E-state index in [1.807, 2.05) is 12.3 Å². The molecule has 3 aliphatic rings. The van der Waals surface area contributed by atoms with Gasteiger partial charge in [-0.25, -0.2) is 0 Å². The normalized spacial score (nSPS) is 14.1. The molecule has 0 radical (unpaired) electrons. The monoisotopic (exact) mass is 1940 g/mol. The summed E-state index contributed by atoms with van der Waals surface area (Å²) >= 11 is 0. The van der Waals surface area contributed by atoms with E-state index < -0.39 is 0 Å². The molecule has 3 aliphatic carbocycles. The minimum Gasteiger partial charge on any atom is -0.310 e. The standard InChI is InChI=1S/C48H40N2.C48H41N.C47H39N3.CH4/c1-47(2)40-26-16-25-37(33-18-8-5-9-19-33)45(40)38-31-30-36(32-41(38)48(47,3)4)49(34-20-10-6-11-21-34)43-28-17-29-44-46(43)39-24-14-15-27-42(39)50(44)35-22-12-7-13-23-35;1-47(2)45-32-39(36-18-12-7-13-19-36)24-30-43(45)44-31-29-42(33-46(44)48(47,3)4)49(40-25-20-37(21-26-40)34-14-8-5-9-15-34)41-27-22-38(23-28-41)35-16-10-6-11-17-35;1-46(2)39-30-32(41-21-13-14-29-48-41)25-27-36(39)37-28-26-35(31-40(37)47(46,3)4)49(33-16-7-5-8-17-33)43-23-15-24-44-45(43)38-20-11-12-22-42(38)50(44)34-18-9-6-10-19-34;/h5-32H,1-4H3;5-33H,1-4H3;5-31H,1-4H3;1H4. The number of pyridine rings is 1. The Hall–Kier alpha value is -17.5. The van der Waals surface area contributed by atoms with Crippen molar-refractivity contribution in [3.8, 4) is 101 Å². The Kier molecular flexibility index (Phi) is 24.6. The van der Waals surface area contributed by atoms with Crippen LogP contribution >= 0.6 is 0 Å². The van der Waals surface area contributed by atoms with Gasteiger partial charge in [0.15, 0.2) is 0 Å². The number of para-hydroxylation sites is 6. The van der Waals surface area contributed by atoms with Gasteiger partial charge in [0.1, 0.15) is 0 Å². The summed E-state index contributed by atoms with van der Waals surface area (Å²) in [6, 6.07) is 183. The summed E-state index contributed by atoms with van der Waals surface area (Å²) in [7, 11) is 0. The lowest BCUT2D eigenvalue weighted by Gasteiger charge is -2.49. The van der Waals surface area contributed by atoms with Crippen molar-refractivity contribution in [1.82, 2.24) is 14.1 Å². The Morgan fingerprint density at radius 1 is 0.187 bits per heavy atom. The van der Waals surface area contributed by atoms with Crippen LogP contribution in [0.5, 0.6) is 0 Å². The molecule has 20 aromatic carbocycles. The van der Waals surface area contributed by atoms with Crippen LogP contribution in [0.15, 0.2) is 510 Å². The first kappa shape index (κ1) is 96.0. The molecule has 730 valence electrons. The summed E-state index contributed by atoms with van der Waals surface area (Å²) in [6.45, 7) is 29.0. The van der Waals surface area contributed by atoms with Gasteiger partial charge in [-0.3, -0.25) is 4.98 Å². The van der Waals surface area contributed by atoms with Gasteiger partial charge in [0, 0.05) is 84.5 Å². The lowest BCUT2D eigenvalue weighted by atomic mass is 9.55. The van der Waals surface area contributed by atoms with Crippen LogP contribution in [0.2, 0.25) is 0 Å². The minimum absolute atomic E-state index is 0.